The van der Waals surface area contributed by atoms with Gasteiger partial charge in [-0.1, -0.05) is 38.0 Å². The van der Waals surface area contributed by atoms with E-state index in [-0.39, 0.29) is 12.5 Å². The van der Waals surface area contributed by atoms with Gasteiger partial charge in [0.15, 0.2) is 11.5 Å². The first-order valence-electron chi connectivity index (χ1n) is 9.07. The number of nitrogens with zero attached hydrogens (tertiary/aromatic N) is 1. The molecule has 1 fully saturated rings. The third kappa shape index (κ3) is 5.64. The van der Waals surface area contributed by atoms with Crippen LogP contribution in [0.15, 0.2) is 56.2 Å². The molecule has 1 aliphatic rings. The molecule has 0 radical (unpaired) electrons. The van der Waals surface area contributed by atoms with Gasteiger partial charge in [0.1, 0.15) is 25.9 Å². The van der Waals surface area contributed by atoms with Gasteiger partial charge in [-0.05, 0) is 25.0 Å². The molecule has 2 amide bonds. The third-order valence-corrected chi connectivity index (χ3v) is 4.04. The average molecular weight is 386 g/mol. The van der Waals surface area contributed by atoms with Crippen LogP contribution in [0.2, 0.25) is 0 Å². The van der Waals surface area contributed by atoms with Gasteiger partial charge in [-0.3, -0.25) is 9.69 Å². The Morgan fingerprint density at radius 2 is 1.75 bits per heavy atom. The van der Waals surface area contributed by atoms with E-state index in [0.717, 1.165) is 6.42 Å². The Morgan fingerprint density at radius 1 is 1.07 bits per heavy atom. The van der Waals surface area contributed by atoms with E-state index in [1.165, 1.54) is 11.0 Å². The number of benzene rings is 1. The second-order valence-electron chi connectivity index (χ2n) is 6.07. The van der Waals surface area contributed by atoms with Crippen molar-refractivity contribution in [3.8, 4) is 11.5 Å². The molecule has 7 heteroatoms. The van der Waals surface area contributed by atoms with Crippen LogP contribution in [0.3, 0.4) is 0 Å². The lowest BCUT2D eigenvalue weighted by molar-refractivity contribution is -0.120. The van der Waals surface area contributed by atoms with Crippen molar-refractivity contribution in [2.45, 2.75) is 18.9 Å². The Bertz CT molecular complexity index is 732. The predicted molar refractivity (Wildman–Crippen MR) is 108 cm³/mol. The standard InChI is InChI=1S/C21H26N2O5/c1-4-12-26-18-10-9-16(15-19(18)27-13-5-2)22-20(24)17-8-7-11-23(17)21(25)28-14-6-3/h4-6,9-10,15,17H,1-3,7-8,11-14H2,(H,22,24). The number of amides is 2. The first-order chi connectivity index (χ1) is 13.6. The van der Waals surface area contributed by atoms with E-state index >= 15 is 0 Å². The lowest BCUT2D eigenvalue weighted by Crippen LogP contribution is -2.43. The van der Waals surface area contributed by atoms with E-state index in [4.69, 9.17) is 14.2 Å². The number of rotatable bonds is 10. The normalized spacial score (nSPS) is 15.4. The van der Waals surface area contributed by atoms with E-state index in [0.29, 0.717) is 43.4 Å². The van der Waals surface area contributed by atoms with Crippen molar-refractivity contribution in [3.05, 3.63) is 56.2 Å². The highest BCUT2D eigenvalue weighted by Crippen LogP contribution is 2.31. The molecule has 1 saturated heterocycles. The maximum atomic E-state index is 12.7. The Hall–Kier alpha value is -3.22. The Morgan fingerprint density at radius 3 is 2.43 bits per heavy atom. The molecule has 0 saturated carbocycles. The topological polar surface area (TPSA) is 77.1 Å². The maximum Gasteiger partial charge on any atom is 0.410 e. The molecule has 7 nitrogen and oxygen atoms in total. The zero-order chi connectivity index (χ0) is 20.4. The highest BCUT2D eigenvalue weighted by molar-refractivity contribution is 5.97. The summed E-state index contributed by atoms with van der Waals surface area (Å²) in [5, 5.41) is 2.83. The van der Waals surface area contributed by atoms with Gasteiger partial charge in [0.2, 0.25) is 5.91 Å². The number of ether oxygens (including phenoxy) is 3. The monoisotopic (exact) mass is 386 g/mol. The molecule has 0 aliphatic carbocycles. The number of nitrogens with one attached hydrogen (secondary N) is 1. The first kappa shape index (κ1) is 21.1. The van der Waals surface area contributed by atoms with Crippen LogP contribution in [0.25, 0.3) is 0 Å². The second-order valence-corrected chi connectivity index (χ2v) is 6.07. The van der Waals surface area contributed by atoms with Crippen molar-refractivity contribution in [1.29, 1.82) is 0 Å². The van der Waals surface area contributed by atoms with Gasteiger partial charge in [0, 0.05) is 18.3 Å². The summed E-state index contributed by atoms with van der Waals surface area (Å²) in [7, 11) is 0. The lowest BCUT2D eigenvalue weighted by atomic mass is 10.2. The van der Waals surface area contributed by atoms with Gasteiger partial charge >= 0.3 is 6.09 Å². The van der Waals surface area contributed by atoms with Crippen LogP contribution < -0.4 is 14.8 Å². The van der Waals surface area contributed by atoms with E-state index in [1.54, 1.807) is 30.4 Å². The molecule has 0 bridgehead atoms. The molecule has 1 unspecified atom stereocenters. The summed E-state index contributed by atoms with van der Waals surface area (Å²) in [6.45, 7) is 12.0. The minimum absolute atomic E-state index is 0.111. The Labute approximate surface area is 165 Å². The summed E-state index contributed by atoms with van der Waals surface area (Å²) in [5.74, 6) is 0.742. The van der Waals surface area contributed by atoms with E-state index in [9.17, 15) is 9.59 Å². The zero-order valence-electron chi connectivity index (χ0n) is 15.9. The summed E-state index contributed by atoms with van der Waals surface area (Å²) in [5.41, 5.74) is 0.543. The van der Waals surface area contributed by atoms with Gasteiger partial charge in [0.25, 0.3) is 0 Å². The number of carbonyl (C=O) groups excluding carboxylic acids is 2. The molecule has 1 heterocycles. The van der Waals surface area contributed by atoms with Gasteiger partial charge in [-0.15, -0.1) is 0 Å². The molecule has 1 aliphatic heterocycles. The van der Waals surface area contributed by atoms with Crippen LogP contribution in [0.4, 0.5) is 10.5 Å². The molecule has 0 spiro atoms. The smallest absolute Gasteiger partial charge is 0.410 e. The third-order valence-electron chi connectivity index (χ3n) is 4.04. The molecule has 1 N–H and O–H groups in total. The van der Waals surface area contributed by atoms with Gasteiger partial charge < -0.3 is 19.5 Å². The molecule has 1 aromatic rings. The largest absolute Gasteiger partial charge is 0.486 e. The molecular formula is C21H26N2O5. The SMILES string of the molecule is C=CCOC(=O)N1CCCC1C(=O)Nc1ccc(OCC=C)c(OCC=C)c1. The van der Waals surface area contributed by atoms with Crippen molar-refractivity contribution < 1.29 is 23.8 Å². The quantitative estimate of drug-likeness (QED) is 0.623. The maximum absolute atomic E-state index is 12.7. The van der Waals surface area contributed by atoms with Crippen molar-refractivity contribution in [2.24, 2.45) is 0 Å². The highest BCUT2D eigenvalue weighted by atomic mass is 16.6. The van der Waals surface area contributed by atoms with E-state index in [1.807, 2.05) is 0 Å². The second kappa shape index (κ2) is 10.8. The molecule has 1 atom stereocenters. The van der Waals surface area contributed by atoms with E-state index < -0.39 is 12.1 Å². The summed E-state index contributed by atoms with van der Waals surface area (Å²) in [6, 6.07) is 4.52. The molecular weight excluding hydrogens is 360 g/mol. The summed E-state index contributed by atoms with van der Waals surface area (Å²) < 4.78 is 16.2. The van der Waals surface area contributed by atoms with Crippen LogP contribution in [0.5, 0.6) is 11.5 Å². The fourth-order valence-electron chi connectivity index (χ4n) is 2.81. The number of hydrogen-bond donors (Lipinski definition) is 1. The van der Waals surface area contributed by atoms with Gasteiger partial charge in [-0.2, -0.15) is 0 Å². The summed E-state index contributed by atoms with van der Waals surface area (Å²) in [6.07, 6.45) is 5.55. The first-order valence-corrected chi connectivity index (χ1v) is 9.07. The highest BCUT2D eigenvalue weighted by Gasteiger charge is 2.35. The Kier molecular flexibility index (Phi) is 8.14. The lowest BCUT2D eigenvalue weighted by Gasteiger charge is -2.23. The van der Waals surface area contributed by atoms with Crippen LogP contribution in [-0.4, -0.2) is 49.3 Å². The Balaban J connectivity index is 2.09. The van der Waals surface area contributed by atoms with Crippen molar-refractivity contribution in [1.82, 2.24) is 4.90 Å². The van der Waals surface area contributed by atoms with E-state index in [2.05, 4.69) is 25.1 Å². The van der Waals surface area contributed by atoms with Crippen molar-refractivity contribution >= 4 is 17.7 Å². The number of likely N-dealkylation sites (tertiary alicyclic amines) is 1. The molecule has 150 valence electrons. The van der Waals surface area contributed by atoms with Crippen LogP contribution in [0.1, 0.15) is 12.8 Å². The summed E-state index contributed by atoms with van der Waals surface area (Å²) in [4.78, 5) is 26.3. The van der Waals surface area contributed by atoms with Gasteiger partial charge in [0.05, 0.1) is 0 Å². The zero-order valence-corrected chi connectivity index (χ0v) is 15.9. The van der Waals surface area contributed by atoms with Crippen LogP contribution >= 0.6 is 0 Å². The van der Waals surface area contributed by atoms with Crippen LogP contribution in [-0.2, 0) is 9.53 Å². The van der Waals surface area contributed by atoms with Crippen LogP contribution in [0, 0.1) is 0 Å². The molecule has 28 heavy (non-hydrogen) atoms. The molecule has 0 aromatic heterocycles. The fraction of sp³-hybridized carbons (Fsp3) is 0.333. The summed E-state index contributed by atoms with van der Waals surface area (Å²) >= 11 is 0. The van der Waals surface area contributed by atoms with Crippen molar-refractivity contribution in [3.63, 3.8) is 0 Å². The minimum Gasteiger partial charge on any atom is -0.486 e. The number of anilines is 1. The fourth-order valence-corrected chi connectivity index (χ4v) is 2.81. The minimum atomic E-state index is -0.577. The van der Waals surface area contributed by atoms with Gasteiger partial charge in [-0.25, -0.2) is 4.79 Å². The average Bonchev–Trinajstić information content (AvgIpc) is 3.19. The predicted octanol–water partition coefficient (Wildman–Crippen LogP) is 3.54. The van der Waals surface area contributed by atoms with Crippen molar-refractivity contribution in [2.75, 3.05) is 31.7 Å². The molecule has 2 rings (SSSR count). The number of carbonyl (C=O) groups is 2. The molecule has 1 aromatic carbocycles. The number of hydrogen-bond acceptors (Lipinski definition) is 5.